The number of allylic oxidation sites excluding steroid dienone is 1. The maximum atomic E-state index is 5.55. The monoisotopic (exact) mass is 353 g/mol. The first-order valence-corrected chi connectivity index (χ1v) is 8.58. The molecule has 5 rings (SSSR count). The summed E-state index contributed by atoms with van der Waals surface area (Å²) in [6.07, 6.45) is 6.61. The van der Waals surface area contributed by atoms with Crippen LogP contribution in [0, 0.1) is 0 Å². The molecule has 0 unspecified atom stereocenters. The van der Waals surface area contributed by atoms with Gasteiger partial charge >= 0.3 is 6.01 Å². The molecule has 0 fully saturated rings. The number of hydrogen-bond acceptors (Lipinski definition) is 6. The lowest BCUT2D eigenvalue weighted by Gasteiger charge is -2.08. The van der Waals surface area contributed by atoms with E-state index in [0.717, 1.165) is 40.1 Å². The van der Waals surface area contributed by atoms with E-state index in [9.17, 15) is 0 Å². The van der Waals surface area contributed by atoms with Gasteiger partial charge in [0.15, 0.2) is 0 Å². The Kier molecular flexibility index (Phi) is 3.53. The van der Waals surface area contributed by atoms with E-state index in [2.05, 4.69) is 27.3 Å². The molecule has 6 nitrogen and oxygen atoms in total. The van der Waals surface area contributed by atoms with Gasteiger partial charge < -0.3 is 10.2 Å². The van der Waals surface area contributed by atoms with E-state index in [1.54, 1.807) is 12.4 Å². The lowest BCUT2D eigenvalue weighted by atomic mass is 10.0. The summed E-state index contributed by atoms with van der Waals surface area (Å²) in [6, 6.07) is 16.2. The standard InChI is InChI=1S/C21H15N5O/c22-21-26-25-20(27-21)15-7-6-13-8-9-16(17(13)10-15)19-12-23-11-18(24-19)14-4-2-1-3-5-14/h1-7,9-12H,8H2,(H2,22,26). The maximum Gasteiger partial charge on any atom is 0.313 e. The molecule has 0 bridgehead atoms. The highest BCUT2D eigenvalue weighted by molar-refractivity contribution is 5.85. The summed E-state index contributed by atoms with van der Waals surface area (Å²) in [4.78, 5) is 9.23. The smallest absolute Gasteiger partial charge is 0.313 e. The fraction of sp³-hybridized carbons (Fsp3) is 0.0476. The van der Waals surface area contributed by atoms with Crippen LogP contribution in [-0.2, 0) is 6.42 Å². The van der Waals surface area contributed by atoms with E-state index in [4.69, 9.17) is 15.1 Å². The highest BCUT2D eigenvalue weighted by atomic mass is 16.4. The first-order chi connectivity index (χ1) is 13.3. The number of benzene rings is 2. The SMILES string of the molecule is Nc1nnc(-c2ccc3c(c2)C(c2cncc(-c4ccccc4)n2)=CC3)o1. The van der Waals surface area contributed by atoms with Crippen LogP contribution >= 0.6 is 0 Å². The molecular weight excluding hydrogens is 338 g/mol. The average molecular weight is 353 g/mol. The largest absolute Gasteiger partial charge is 0.404 e. The molecule has 0 aliphatic heterocycles. The summed E-state index contributed by atoms with van der Waals surface area (Å²) >= 11 is 0. The third kappa shape index (κ3) is 2.77. The van der Waals surface area contributed by atoms with Crippen LogP contribution in [0.2, 0.25) is 0 Å². The molecule has 0 spiro atoms. The lowest BCUT2D eigenvalue weighted by Crippen LogP contribution is -1.95. The van der Waals surface area contributed by atoms with Gasteiger partial charge in [0.25, 0.3) is 0 Å². The lowest BCUT2D eigenvalue weighted by molar-refractivity contribution is 0.590. The Morgan fingerprint density at radius 1 is 0.889 bits per heavy atom. The van der Waals surface area contributed by atoms with Crippen molar-refractivity contribution in [2.75, 3.05) is 5.73 Å². The van der Waals surface area contributed by atoms with Crippen molar-refractivity contribution in [3.63, 3.8) is 0 Å². The van der Waals surface area contributed by atoms with E-state index in [-0.39, 0.29) is 6.01 Å². The Hall–Kier alpha value is -3.80. The molecule has 4 aromatic rings. The summed E-state index contributed by atoms with van der Waals surface area (Å²) in [7, 11) is 0. The Labute approximate surface area is 155 Å². The van der Waals surface area contributed by atoms with Gasteiger partial charge in [-0.25, -0.2) is 4.98 Å². The van der Waals surface area contributed by atoms with Gasteiger partial charge in [0, 0.05) is 16.7 Å². The van der Waals surface area contributed by atoms with E-state index in [1.807, 2.05) is 42.5 Å². The van der Waals surface area contributed by atoms with Crippen molar-refractivity contribution in [1.29, 1.82) is 0 Å². The summed E-state index contributed by atoms with van der Waals surface area (Å²) in [5, 5.41) is 7.71. The fourth-order valence-corrected chi connectivity index (χ4v) is 3.30. The third-order valence-electron chi connectivity index (χ3n) is 4.59. The van der Waals surface area contributed by atoms with Gasteiger partial charge in [0.2, 0.25) is 5.89 Å². The predicted molar refractivity (Wildman–Crippen MR) is 102 cm³/mol. The minimum atomic E-state index is 0.0580. The van der Waals surface area contributed by atoms with E-state index in [1.165, 1.54) is 5.56 Å². The highest BCUT2D eigenvalue weighted by Gasteiger charge is 2.19. The highest BCUT2D eigenvalue weighted by Crippen LogP contribution is 2.35. The first-order valence-electron chi connectivity index (χ1n) is 8.58. The van der Waals surface area contributed by atoms with Gasteiger partial charge in [-0.3, -0.25) is 4.98 Å². The predicted octanol–water partition coefficient (Wildman–Crippen LogP) is 3.76. The van der Waals surface area contributed by atoms with Crippen LogP contribution in [0.25, 0.3) is 28.3 Å². The fourth-order valence-electron chi connectivity index (χ4n) is 3.30. The number of nitrogens with two attached hydrogens (primary N) is 1. The van der Waals surface area contributed by atoms with Crippen LogP contribution in [0.3, 0.4) is 0 Å². The molecule has 0 saturated carbocycles. The number of rotatable bonds is 3. The van der Waals surface area contributed by atoms with Crippen LogP contribution in [-0.4, -0.2) is 20.2 Å². The Morgan fingerprint density at radius 2 is 1.74 bits per heavy atom. The van der Waals surface area contributed by atoms with Gasteiger partial charge in [-0.15, -0.1) is 5.10 Å². The molecule has 1 aliphatic carbocycles. The molecule has 130 valence electrons. The van der Waals surface area contributed by atoms with Gasteiger partial charge in [0.05, 0.1) is 23.8 Å². The molecule has 0 radical (unpaired) electrons. The molecule has 0 amide bonds. The number of nitrogens with zero attached hydrogens (tertiary/aromatic N) is 4. The van der Waals surface area contributed by atoms with Crippen LogP contribution in [0.15, 0.2) is 71.4 Å². The van der Waals surface area contributed by atoms with Gasteiger partial charge in [-0.1, -0.05) is 47.6 Å². The van der Waals surface area contributed by atoms with Crippen molar-refractivity contribution < 1.29 is 4.42 Å². The molecule has 2 aromatic heterocycles. The van der Waals surface area contributed by atoms with Crippen molar-refractivity contribution in [2.45, 2.75) is 6.42 Å². The average Bonchev–Trinajstić information content (AvgIpc) is 3.34. The Bertz CT molecular complexity index is 1160. The second-order valence-corrected chi connectivity index (χ2v) is 6.29. The third-order valence-corrected chi connectivity index (χ3v) is 4.59. The van der Waals surface area contributed by atoms with Crippen molar-refractivity contribution >= 4 is 11.6 Å². The van der Waals surface area contributed by atoms with Crippen molar-refractivity contribution in [3.05, 3.63) is 83.8 Å². The minimum absolute atomic E-state index is 0.0580. The zero-order valence-electron chi connectivity index (χ0n) is 14.3. The van der Waals surface area contributed by atoms with Crippen LogP contribution in [0.5, 0.6) is 0 Å². The summed E-state index contributed by atoms with van der Waals surface area (Å²) < 4.78 is 5.36. The molecule has 27 heavy (non-hydrogen) atoms. The van der Waals surface area contributed by atoms with Gasteiger partial charge in [-0.05, 0) is 29.7 Å². The summed E-state index contributed by atoms with van der Waals surface area (Å²) in [5.74, 6) is 0.408. The van der Waals surface area contributed by atoms with Crippen molar-refractivity contribution in [3.8, 4) is 22.7 Å². The number of nitrogen functional groups attached to an aromatic ring is 1. The number of anilines is 1. The van der Waals surface area contributed by atoms with Crippen LogP contribution < -0.4 is 5.73 Å². The normalized spacial score (nSPS) is 12.7. The molecule has 2 heterocycles. The van der Waals surface area contributed by atoms with E-state index in [0.29, 0.717) is 5.89 Å². The molecular formula is C21H15N5O. The van der Waals surface area contributed by atoms with Crippen molar-refractivity contribution in [2.24, 2.45) is 0 Å². The Balaban J connectivity index is 1.56. The quantitative estimate of drug-likeness (QED) is 0.603. The summed E-state index contributed by atoms with van der Waals surface area (Å²) in [6.45, 7) is 0. The zero-order valence-corrected chi connectivity index (χ0v) is 14.3. The number of fused-ring (bicyclic) bond motifs is 1. The van der Waals surface area contributed by atoms with Gasteiger partial charge in [-0.2, -0.15) is 0 Å². The first kappa shape index (κ1) is 15.5. The minimum Gasteiger partial charge on any atom is -0.404 e. The zero-order chi connectivity index (χ0) is 18.2. The second-order valence-electron chi connectivity index (χ2n) is 6.29. The van der Waals surface area contributed by atoms with Gasteiger partial charge in [0.1, 0.15) is 0 Å². The molecule has 0 atom stereocenters. The van der Waals surface area contributed by atoms with Crippen LogP contribution in [0.4, 0.5) is 6.01 Å². The topological polar surface area (TPSA) is 90.7 Å². The maximum absolute atomic E-state index is 5.55. The molecule has 2 aromatic carbocycles. The second kappa shape index (κ2) is 6.17. The van der Waals surface area contributed by atoms with E-state index >= 15 is 0 Å². The molecule has 1 aliphatic rings. The number of hydrogen-bond donors (Lipinski definition) is 1. The Morgan fingerprint density at radius 3 is 2.56 bits per heavy atom. The van der Waals surface area contributed by atoms with Crippen molar-refractivity contribution in [1.82, 2.24) is 20.2 Å². The molecule has 6 heteroatoms. The molecule has 2 N–H and O–H groups in total. The molecule has 0 saturated heterocycles. The summed E-state index contributed by atoms with van der Waals surface area (Å²) in [5.41, 5.74) is 12.5. The van der Waals surface area contributed by atoms with E-state index < -0.39 is 0 Å². The van der Waals surface area contributed by atoms with Crippen LogP contribution in [0.1, 0.15) is 16.8 Å². The number of aromatic nitrogens is 4.